The second-order valence-electron chi connectivity index (χ2n) is 2.76. The molecule has 0 atom stereocenters. The highest BCUT2D eigenvalue weighted by atomic mass is 16.3. The quantitative estimate of drug-likeness (QED) is 0.603. The normalized spacial score (nSPS) is 12.4. The number of carbonyl (C=O) groups excluding carboxylic acids is 1. The van der Waals surface area contributed by atoms with Gasteiger partial charge in [-0.1, -0.05) is 12.2 Å². The third-order valence-electron chi connectivity index (χ3n) is 1.22. The van der Waals surface area contributed by atoms with Crippen LogP contribution in [0.3, 0.4) is 0 Å². The van der Waals surface area contributed by atoms with Crippen molar-refractivity contribution in [3.05, 3.63) is 12.2 Å². The molecule has 1 N–H and O–H groups in total. The highest BCUT2D eigenvalue weighted by molar-refractivity contribution is 5.87. The highest BCUT2D eigenvalue weighted by Gasteiger charge is 2.21. The smallest absolute Gasteiger partial charge is 0.167 e. The third kappa shape index (κ3) is 3.41. The summed E-state index contributed by atoms with van der Waals surface area (Å²) in [6.07, 6.45) is 3.85. The van der Waals surface area contributed by atoms with Crippen LogP contribution in [0, 0.1) is 0 Å². The van der Waals surface area contributed by atoms with Crippen LogP contribution in [0.25, 0.3) is 0 Å². The van der Waals surface area contributed by atoms with Gasteiger partial charge >= 0.3 is 0 Å². The lowest BCUT2D eigenvalue weighted by Crippen LogP contribution is -2.30. The van der Waals surface area contributed by atoms with Crippen LogP contribution in [0.2, 0.25) is 0 Å². The topological polar surface area (TPSA) is 37.3 Å². The Morgan fingerprint density at radius 3 is 2.40 bits per heavy atom. The number of allylic oxidation sites excluding steroid dienone is 2. The van der Waals surface area contributed by atoms with Crippen molar-refractivity contribution < 1.29 is 9.90 Å². The molecule has 0 aliphatic carbocycles. The second-order valence-corrected chi connectivity index (χ2v) is 2.76. The molecule has 0 aliphatic heterocycles. The van der Waals surface area contributed by atoms with Gasteiger partial charge in [-0.3, -0.25) is 4.79 Å². The molecule has 0 aromatic carbocycles. The number of ketones is 1. The number of hydrogen-bond donors (Lipinski definition) is 1. The van der Waals surface area contributed by atoms with Gasteiger partial charge in [0.25, 0.3) is 0 Å². The van der Waals surface area contributed by atoms with Crippen LogP contribution in [-0.4, -0.2) is 16.5 Å². The van der Waals surface area contributed by atoms with Gasteiger partial charge in [-0.2, -0.15) is 0 Å². The molecule has 0 bridgehead atoms. The van der Waals surface area contributed by atoms with Crippen LogP contribution in [-0.2, 0) is 4.79 Å². The molecule has 0 aromatic rings. The summed E-state index contributed by atoms with van der Waals surface area (Å²) in [6, 6.07) is 0. The minimum Gasteiger partial charge on any atom is -0.383 e. The predicted octanol–water partition coefficient (Wildman–Crippen LogP) is 1.29. The summed E-state index contributed by atoms with van der Waals surface area (Å²) >= 11 is 0. The lowest BCUT2D eigenvalue weighted by Gasteiger charge is -2.13. The lowest BCUT2D eigenvalue weighted by molar-refractivity contribution is -0.133. The van der Waals surface area contributed by atoms with Gasteiger partial charge in [0.2, 0.25) is 0 Å². The van der Waals surface area contributed by atoms with Crippen LogP contribution in [0.5, 0.6) is 0 Å². The van der Waals surface area contributed by atoms with Crippen LogP contribution < -0.4 is 0 Å². The molecule has 0 saturated carbocycles. The van der Waals surface area contributed by atoms with E-state index in [2.05, 4.69) is 0 Å². The number of carbonyl (C=O) groups is 1. The standard InChI is InChI=1S/C8H14O2/c1-4-5-6-7(9)8(2,3)10/h4-5,10H,6H2,1-3H3/b5-4+. The molecule has 2 nitrogen and oxygen atoms in total. The maximum atomic E-state index is 10.9. The first-order valence-electron chi connectivity index (χ1n) is 3.35. The number of hydrogen-bond acceptors (Lipinski definition) is 2. The molecule has 2 heteroatoms. The van der Waals surface area contributed by atoms with E-state index in [1.54, 1.807) is 12.2 Å². The Morgan fingerprint density at radius 2 is 2.10 bits per heavy atom. The highest BCUT2D eigenvalue weighted by Crippen LogP contribution is 2.05. The Kier molecular flexibility index (Phi) is 3.30. The van der Waals surface area contributed by atoms with Crippen molar-refractivity contribution in [1.82, 2.24) is 0 Å². The van der Waals surface area contributed by atoms with Gasteiger partial charge in [-0.05, 0) is 20.8 Å². The van der Waals surface area contributed by atoms with Crippen LogP contribution in [0.4, 0.5) is 0 Å². The average molecular weight is 142 g/mol. The molecule has 0 spiro atoms. The van der Waals surface area contributed by atoms with Crippen molar-refractivity contribution in [3.63, 3.8) is 0 Å². The van der Waals surface area contributed by atoms with Crippen LogP contribution in [0.15, 0.2) is 12.2 Å². The van der Waals surface area contributed by atoms with Gasteiger partial charge in [0, 0.05) is 6.42 Å². The Morgan fingerprint density at radius 1 is 1.60 bits per heavy atom. The summed E-state index contributed by atoms with van der Waals surface area (Å²) in [6.45, 7) is 4.84. The first kappa shape index (κ1) is 9.37. The van der Waals surface area contributed by atoms with Crippen molar-refractivity contribution in [2.24, 2.45) is 0 Å². The zero-order chi connectivity index (χ0) is 8.20. The molecule has 0 unspecified atom stereocenters. The van der Waals surface area contributed by atoms with Gasteiger partial charge in [-0.15, -0.1) is 0 Å². The molecule has 0 saturated heterocycles. The Balaban J connectivity index is 3.86. The zero-order valence-corrected chi connectivity index (χ0v) is 6.72. The van der Waals surface area contributed by atoms with Gasteiger partial charge < -0.3 is 5.11 Å². The van der Waals surface area contributed by atoms with Crippen LogP contribution in [0.1, 0.15) is 27.2 Å². The largest absolute Gasteiger partial charge is 0.383 e. The molecule has 0 rings (SSSR count). The Hall–Kier alpha value is -0.630. The van der Waals surface area contributed by atoms with E-state index in [4.69, 9.17) is 5.11 Å². The van der Waals surface area contributed by atoms with E-state index in [0.29, 0.717) is 6.42 Å². The number of rotatable bonds is 3. The summed E-state index contributed by atoms with van der Waals surface area (Å²) < 4.78 is 0. The fraction of sp³-hybridized carbons (Fsp3) is 0.625. The molecule has 0 radical (unpaired) electrons. The SMILES string of the molecule is C/C=C/CC(=O)C(C)(C)O. The number of aliphatic hydroxyl groups is 1. The first-order chi connectivity index (χ1) is 4.48. The van der Waals surface area contributed by atoms with E-state index in [9.17, 15) is 4.79 Å². The van der Waals surface area contributed by atoms with E-state index in [1.165, 1.54) is 13.8 Å². The lowest BCUT2D eigenvalue weighted by atomic mass is 10.0. The molecule has 58 valence electrons. The van der Waals surface area contributed by atoms with Crippen molar-refractivity contribution in [3.8, 4) is 0 Å². The van der Waals surface area contributed by atoms with Gasteiger partial charge in [0.15, 0.2) is 5.78 Å². The summed E-state index contributed by atoms with van der Waals surface area (Å²) in [5, 5.41) is 9.13. The van der Waals surface area contributed by atoms with Crippen molar-refractivity contribution in [1.29, 1.82) is 0 Å². The third-order valence-corrected chi connectivity index (χ3v) is 1.22. The Labute approximate surface area is 61.6 Å². The Bertz CT molecular complexity index is 140. The molecule has 10 heavy (non-hydrogen) atoms. The minimum absolute atomic E-state index is 0.148. The summed E-state index contributed by atoms with van der Waals surface area (Å²) in [5.74, 6) is -0.148. The van der Waals surface area contributed by atoms with Gasteiger partial charge in [0.05, 0.1) is 0 Å². The zero-order valence-electron chi connectivity index (χ0n) is 6.72. The van der Waals surface area contributed by atoms with Gasteiger partial charge in [-0.25, -0.2) is 0 Å². The van der Waals surface area contributed by atoms with Crippen LogP contribution >= 0.6 is 0 Å². The molecule has 0 fully saturated rings. The molecular weight excluding hydrogens is 128 g/mol. The van der Waals surface area contributed by atoms with Gasteiger partial charge in [0.1, 0.15) is 5.60 Å². The fourth-order valence-corrected chi connectivity index (χ4v) is 0.475. The van der Waals surface area contributed by atoms with E-state index in [0.717, 1.165) is 0 Å². The summed E-state index contributed by atoms with van der Waals surface area (Å²) in [4.78, 5) is 10.9. The fourth-order valence-electron chi connectivity index (χ4n) is 0.475. The predicted molar refractivity (Wildman–Crippen MR) is 40.7 cm³/mol. The monoisotopic (exact) mass is 142 g/mol. The summed E-state index contributed by atoms with van der Waals surface area (Å²) in [5.41, 5.74) is -1.18. The molecule has 0 aromatic heterocycles. The average Bonchev–Trinajstić information content (AvgIpc) is 1.80. The first-order valence-corrected chi connectivity index (χ1v) is 3.35. The molecule has 0 heterocycles. The molecule has 0 aliphatic rings. The summed E-state index contributed by atoms with van der Waals surface area (Å²) in [7, 11) is 0. The van der Waals surface area contributed by atoms with E-state index in [-0.39, 0.29) is 5.78 Å². The van der Waals surface area contributed by atoms with E-state index >= 15 is 0 Å². The van der Waals surface area contributed by atoms with E-state index < -0.39 is 5.60 Å². The molecular formula is C8H14O2. The van der Waals surface area contributed by atoms with Crippen molar-refractivity contribution in [2.45, 2.75) is 32.8 Å². The molecule has 0 amide bonds. The second kappa shape index (κ2) is 3.52. The minimum atomic E-state index is -1.18. The maximum absolute atomic E-state index is 10.9. The maximum Gasteiger partial charge on any atom is 0.167 e. The van der Waals surface area contributed by atoms with Crippen molar-refractivity contribution in [2.75, 3.05) is 0 Å². The number of Topliss-reactive ketones (excluding diaryl/α,β-unsaturated/α-hetero) is 1. The van der Waals surface area contributed by atoms with Crippen molar-refractivity contribution >= 4 is 5.78 Å². The van der Waals surface area contributed by atoms with E-state index in [1.807, 2.05) is 6.92 Å².